The molecule has 0 N–H and O–H groups in total. The standard InChI is InChI=1S/C15H22N2S/c1-2-14(11-16-6-1)10-13-3-7-17(8-4-13)15-5-9-18-12-15/h1-2,6,11,13,15H,3-5,7-10,12H2. The summed E-state index contributed by atoms with van der Waals surface area (Å²) in [5, 5.41) is 0. The fourth-order valence-electron chi connectivity index (χ4n) is 3.18. The van der Waals surface area contributed by atoms with Gasteiger partial charge in [-0.15, -0.1) is 0 Å². The first-order valence-electron chi connectivity index (χ1n) is 7.12. The SMILES string of the molecule is c1cncc(CC2CCN(C3CCSC3)CC2)c1. The Labute approximate surface area is 114 Å². The van der Waals surface area contributed by atoms with Crippen LogP contribution < -0.4 is 0 Å². The van der Waals surface area contributed by atoms with E-state index in [0.717, 1.165) is 12.0 Å². The molecule has 0 radical (unpaired) electrons. The molecule has 3 rings (SSSR count). The Hall–Kier alpha value is -0.540. The van der Waals surface area contributed by atoms with Gasteiger partial charge in [-0.2, -0.15) is 11.8 Å². The number of piperidine rings is 1. The van der Waals surface area contributed by atoms with Crippen LogP contribution in [-0.2, 0) is 6.42 Å². The third-order valence-electron chi connectivity index (χ3n) is 4.32. The Balaban J connectivity index is 1.48. The maximum atomic E-state index is 4.21. The number of hydrogen-bond donors (Lipinski definition) is 0. The number of hydrogen-bond acceptors (Lipinski definition) is 3. The summed E-state index contributed by atoms with van der Waals surface area (Å²) in [6.07, 6.45) is 9.27. The molecule has 3 heterocycles. The molecule has 0 amide bonds. The third-order valence-corrected chi connectivity index (χ3v) is 5.46. The van der Waals surface area contributed by atoms with Crippen LogP contribution in [0.15, 0.2) is 24.5 Å². The smallest absolute Gasteiger partial charge is 0.0299 e. The Bertz CT molecular complexity index is 354. The maximum absolute atomic E-state index is 4.21. The van der Waals surface area contributed by atoms with Crippen LogP contribution in [-0.4, -0.2) is 40.5 Å². The molecule has 2 aliphatic rings. The highest BCUT2D eigenvalue weighted by molar-refractivity contribution is 7.99. The quantitative estimate of drug-likeness (QED) is 0.833. The monoisotopic (exact) mass is 262 g/mol. The molecule has 18 heavy (non-hydrogen) atoms. The lowest BCUT2D eigenvalue weighted by Crippen LogP contribution is -2.41. The molecule has 1 unspecified atom stereocenters. The van der Waals surface area contributed by atoms with Gasteiger partial charge in [0.05, 0.1) is 0 Å². The van der Waals surface area contributed by atoms with E-state index < -0.39 is 0 Å². The summed E-state index contributed by atoms with van der Waals surface area (Å²) >= 11 is 2.13. The van der Waals surface area contributed by atoms with Gasteiger partial charge in [0.1, 0.15) is 0 Å². The zero-order valence-corrected chi connectivity index (χ0v) is 11.7. The average molecular weight is 262 g/mol. The second kappa shape index (κ2) is 6.07. The molecule has 1 aromatic rings. The average Bonchev–Trinajstić information content (AvgIpc) is 2.95. The van der Waals surface area contributed by atoms with Crippen LogP contribution in [0.1, 0.15) is 24.8 Å². The van der Waals surface area contributed by atoms with E-state index in [-0.39, 0.29) is 0 Å². The molecule has 2 saturated heterocycles. The third kappa shape index (κ3) is 3.07. The van der Waals surface area contributed by atoms with E-state index in [9.17, 15) is 0 Å². The highest BCUT2D eigenvalue weighted by Crippen LogP contribution is 2.28. The second-order valence-electron chi connectivity index (χ2n) is 5.56. The molecule has 98 valence electrons. The van der Waals surface area contributed by atoms with Gasteiger partial charge in [0.25, 0.3) is 0 Å². The highest BCUT2D eigenvalue weighted by Gasteiger charge is 2.27. The van der Waals surface area contributed by atoms with Gasteiger partial charge >= 0.3 is 0 Å². The molecular weight excluding hydrogens is 240 g/mol. The number of likely N-dealkylation sites (tertiary alicyclic amines) is 1. The van der Waals surface area contributed by atoms with Gasteiger partial charge in [-0.1, -0.05) is 6.07 Å². The van der Waals surface area contributed by atoms with Crippen molar-refractivity contribution in [1.29, 1.82) is 0 Å². The first-order valence-corrected chi connectivity index (χ1v) is 8.28. The van der Waals surface area contributed by atoms with Crippen molar-refractivity contribution >= 4 is 11.8 Å². The van der Waals surface area contributed by atoms with Crippen LogP contribution in [0, 0.1) is 5.92 Å². The lowest BCUT2D eigenvalue weighted by atomic mass is 9.90. The number of rotatable bonds is 3. The van der Waals surface area contributed by atoms with E-state index in [2.05, 4.69) is 33.8 Å². The van der Waals surface area contributed by atoms with Gasteiger partial charge in [-0.3, -0.25) is 9.88 Å². The summed E-state index contributed by atoms with van der Waals surface area (Å²) in [7, 11) is 0. The zero-order valence-electron chi connectivity index (χ0n) is 10.9. The molecule has 0 saturated carbocycles. The highest BCUT2D eigenvalue weighted by atomic mass is 32.2. The minimum atomic E-state index is 0.875. The first-order chi connectivity index (χ1) is 8.92. The van der Waals surface area contributed by atoms with Gasteiger partial charge in [0.2, 0.25) is 0 Å². The molecule has 2 nitrogen and oxygen atoms in total. The number of nitrogens with zero attached hydrogens (tertiary/aromatic N) is 2. The summed E-state index contributed by atoms with van der Waals surface area (Å²) in [5.41, 5.74) is 1.41. The van der Waals surface area contributed by atoms with E-state index >= 15 is 0 Å². The van der Waals surface area contributed by atoms with Crippen molar-refractivity contribution in [2.24, 2.45) is 5.92 Å². The second-order valence-corrected chi connectivity index (χ2v) is 6.71. The van der Waals surface area contributed by atoms with Crippen LogP contribution in [0.25, 0.3) is 0 Å². The lowest BCUT2D eigenvalue weighted by molar-refractivity contribution is 0.143. The number of thioether (sulfide) groups is 1. The van der Waals surface area contributed by atoms with E-state index in [1.54, 1.807) is 0 Å². The molecule has 0 aromatic carbocycles. The van der Waals surface area contributed by atoms with Crippen molar-refractivity contribution in [3.63, 3.8) is 0 Å². The summed E-state index contributed by atoms with van der Waals surface area (Å²) in [6, 6.07) is 5.15. The summed E-state index contributed by atoms with van der Waals surface area (Å²) < 4.78 is 0. The van der Waals surface area contributed by atoms with E-state index in [1.807, 2.05) is 12.4 Å². The van der Waals surface area contributed by atoms with Crippen LogP contribution in [0.4, 0.5) is 0 Å². The summed E-state index contributed by atoms with van der Waals surface area (Å²) in [4.78, 5) is 6.95. The molecule has 2 fully saturated rings. The molecule has 0 bridgehead atoms. The molecule has 0 aliphatic carbocycles. The van der Waals surface area contributed by atoms with E-state index in [4.69, 9.17) is 0 Å². The van der Waals surface area contributed by atoms with Crippen molar-refractivity contribution < 1.29 is 0 Å². The predicted octanol–water partition coefficient (Wildman–Crippen LogP) is 2.84. The Kier molecular flexibility index (Phi) is 4.21. The van der Waals surface area contributed by atoms with E-state index in [1.165, 1.54) is 55.8 Å². The molecule has 1 aromatic heterocycles. The Morgan fingerprint density at radius 2 is 2.17 bits per heavy atom. The fraction of sp³-hybridized carbons (Fsp3) is 0.667. The molecule has 2 aliphatic heterocycles. The van der Waals surface area contributed by atoms with Crippen molar-refractivity contribution in [1.82, 2.24) is 9.88 Å². The number of aromatic nitrogens is 1. The van der Waals surface area contributed by atoms with Crippen LogP contribution in [0.2, 0.25) is 0 Å². The van der Waals surface area contributed by atoms with Gasteiger partial charge in [-0.25, -0.2) is 0 Å². The number of pyridine rings is 1. The minimum Gasteiger partial charge on any atom is -0.300 e. The van der Waals surface area contributed by atoms with Crippen molar-refractivity contribution in [2.45, 2.75) is 31.7 Å². The fourth-order valence-corrected chi connectivity index (χ4v) is 4.44. The van der Waals surface area contributed by atoms with Crippen LogP contribution in [0.5, 0.6) is 0 Å². The zero-order chi connectivity index (χ0) is 12.2. The van der Waals surface area contributed by atoms with Gasteiger partial charge < -0.3 is 0 Å². The van der Waals surface area contributed by atoms with E-state index in [0.29, 0.717) is 0 Å². The lowest BCUT2D eigenvalue weighted by Gasteiger charge is -2.35. The van der Waals surface area contributed by atoms with Crippen molar-refractivity contribution in [2.75, 3.05) is 24.6 Å². The minimum absolute atomic E-state index is 0.875. The molecule has 3 heteroatoms. The van der Waals surface area contributed by atoms with Crippen molar-refractivity contribution in [3.05, 3.63) is 30.1 Å². The molecule has 0 spiro atoms. The van der Waals surface area contributed by atoms with Gasteiger partial charge in [0, 0.05) is 24.2 Å². The predicted molar refractivity (Wildman–Crippen MR) is 78.0 cm³/mol. The normalized spacial score (nSPS) is 26.6. The Morgan fingerprint density at radius 3 is 2.83 bits per heavy atom. The van der Waals surface area contributed by atoms with Crippen LogP contribution in [0.3, 0.4) is 0 Å². The van der Waals surface area contributed by atoms with Gasteiger partial charge in [0.15, 0.2) is 0 Å². The largest absolute Gasteiger partial charge is 0.300 e. The molecular formula is C15H22N2S. The van der Waals surface area contributed by atoms with Crippen LogP contribution >= 0.6 is 11.8 Å². The topological polar surface area (TPSA) is 16.1 Å². The van der Waals surface area contributed by atoms with Gasteiger partial charge in [-0.05, 0) is 62.1 Å². The first kappa shape index (κ1) is 12.5. The summed E-state index contributed by atoms with van der Waals surface area (Å²) in [5.74, 6) is 3.62. The molecule has 1 atom stereocenters. The Morgan fingerprint density at radius 1 is 1.28 bits per heavy atom. The maximum Gasteiger partial charge on any atom is 0.0299 e. The van der Waals surface area contributed by atoms with Crippen molar-refractivity contribution in [3.8, 4) is 0 Å². The summed E-state index contributed by atoms with van der Waals surface area (Å²) in [6.45, 7) is 2.63.